The molecule has 3 N–H and O–H groups in total. The lowest BCUT2D eigenvalue weighted by Gasteiger charge is -2.21. The molecule has 1 atom stereocenters. The molecule has 3 nitrogen and oxygen atoms in total. The van der Waals surface area contributed by atoms with E-state index < -0.39 is 6.04 Å². The fourth-order valence-corrected chi connectivity index (χ4v) is 2.70. The molecule has 0 fully saturated rings. The lowest BCUT2D eigenvalue weighted by molar-refractivity contribution is 0.404. The van der Waals surface area contributed by atoms with Crippen LogP contribution in [0, 0.1) is 5.82 Å². The monoisotopic (exact) mass is 358 g/mol. The quantitative estimate of drug-likeness (QED) is 0.645. The van der Waals surface area contributed by atoms with Crippen LogP contribution in [0.1, 0.15) is 17.2 Å². The minimum atomic E-state index is -0.450. The highest BCUT2D eigenvalue weighted by Gasteiger charge is 2.21. The third kappa shape index (κ3) is 2.96. The molecule has 0 bridgehead atoms. The Morgan fingerprint density at radius 1 is 1.30 bits per heavy atom. The molecule has 0 radical (unpaired) electrons. The molecule has 2 aromatic rings. The molecule has 0 heterocycles. The van der Waals surface area contributed by atoms with E-state index in [1.54, 1.807) is 37.4 Å². The molecule has 0 saturated heterocycles. The van der Waals surface area contributed by atoms with Crippen molar-refractivity contribution in [3.8, 4) is 5.75 Å². The third-order valence-corrected chi connectivity index (χ3v) is 4.03. The van der Waals surface area contributed by atoms with Crippen LogP contribution in [-0.4, -0.2) is 7.11 Å². The summed E-state index contributed by atoms with van der Waals surface area (Å²) in [5.74, 6) is 5.90. The fourth-order valence-electron chi connectivity index (χ4n) is 2.02. The van der Waals surface area contributed by atoms with E-state index in [9.17, 15) is 4.39 Å². The van der Waals surface area contributed by atoms with E-state index in [1.807, 2.05) is 0 Å². The molecule has 0 aromatic heterocycles. The van der Waals surface area contributed by atoms with E-state index in [0.717, 1.165) is 5.56 Å². The van der Waals surface area contributed by atoms with Gasteiger partial charge in [0.1, 0.15) is 11.6 Å². The Hall–Kier alpha value is -1.14. The highest BCUT2D eigenvalue weighted by molar-refractivity contribution is 9.10. The van der Waals surface area contributed by atoms with Gasteiger partial charge < -0.3 is 4.74 Å². The number of methoxy groups -OCH3 is 1. The standard InChI is InChI=1S/C14H13BrClFN2O/c1-20-12-6-5-8(16)7-10(12)14(19-18)9-3-2-4-11(17)13(9)15/h2-7,14,19H,18H2,1H3. The largest absolute Gasteiger partial charge is 0.496 e. The van der Waals surface area contributed by atoms with Gasteiger partial charge in [-0.15, -0.1) is 0 Å². The molecule has 20 heavy (non-hydrogen) atoms. The van der Waals surface area contributed by atoms with Crippen molar-refractivity contribution in [2.24, 2.45) is 5.84 Å². The van der Waals surface area contributed by atoms with Gasteiger partial charge in [-0.1, -0.05) is 23.7 Å². The van der Waals surface area contributed by atoms with Crippen LogP contribution in [0.4, 0.5) is 4.39 Å². The Balaban J connectivity index is 2.58. The fraction of sp³-hybridized carbons (Fsp3) is 0.143. The van der Waals surface area contributed by atoms with E-state index in [4.69, 9.17) is 22.2 Å². The number of hydrogen-bond donors (Lipinski definition) is 2. The second-order valence-corrected chi connectivity index (χ2v) is 5.36. The number of hydrogen-bond acceptors (Lipinski definition) is 3. The number of nitrogens with one attached hydrogen (secondary N) is 1. The van der Waals surface area contributed by atoms with Crippen molar-refractivity contribution in [3.05, 3.63) is 62.8 Å². The van der Waals surface area contributed by atoms with Gasteiger partial charge >= 0.3 is 0 Å². The van der Waals surface area contributed by atoms with Crippen molar-refractivity contribution in [2.45, 2.75) is 6.04 Å². The Labute approximate surface area is 130 Å². The molecule has 6 heteroatoms. The molecule has 2 aromatic carbocycles. The van der Waals surface area contributed by atoms with Crippen molar-refractivity contribution < 1.29 is 9.13 Å². The molecule has 0 saturated carbocycles. The molecular formula is C14H13BrClFN2O. The summed E-state index contributed by atoms with van der Waals surface area (Å²) >= 11 is 9.26. The SMILES string of the molecule is COc1ccc(Cl)cc1C(NN)c1cccc(F)c1Br. The maximum atomic E-state index is 13.7. The highest BCUT2D eigenvalue weighted by atomic mass is 79.9. The normalized spacial score (nSPS) is 12.2. The number of nitrogens with two attached hydrogens (primary N) is 1. The first-order valence-electron chi connectivity index (χ1n) is 5.82. The Morgan fingerprint density at radius 2 is 2.05 bits per heavy atom. The molecule has 106 valence electrons. The first-order chi connectivity index (χ1) is 9.58. The summed E-state index contributed by atoms with van der Waals surface area (Å²) in [6.07, 6.45) is 0. The minimum absolute atomic E-state index is 0.352. The number of halogens is 3. The summed E-state index contributed by atoms with van der Waals surface area (Å²) in [5.41, 5.74) is 4.06. The predicted molar refractivity (Wildman–Crippen MR) is 81.3 cm³/mol. The van der Waals surface area contributed by atoms with E-state index in [0.29, 0.717) is 20.8 Å². The molecule has 0 spiro atoms. The molecule has 2 rings (SSSR count). The van der Waals surface area contributed by atoms with Crippen LogP contribution in [0.3, 0.4) is 0 Å². The summed E-state index contributed by atoms with van der Waals surface area (Å²) in [4.78, 5) is 0. The first-order valence-corrected chi connectivity index (χ1v) is 6.99. The van der Waals surface area contributed by atoms with Crippen molar-refractivity contribution in [1.82, 2.24) is 5.43 Å². The molecule has 0 amide bonds. The van der Waals surface area contributed by atoms with Gasteiger partial charge in [0.15, 0.2) is 0 Å². The van der Waals surface area contributed by atoms with Crippen LogP contribution in [-0.2, 0) is 0 Å². The summed E-state index contributed by atoms with van der Waals surface area (Å²) < 4.78 is 19.3. The smallest absolute Gasteiger partial charge is 0.137 e. The van der Waals surface area contributed by atoms with Crippen molar-refractivity contribution in [3.63, 3.8) is 0 Å². The lowest BCUT2D eigenvalue weighted by atomic mass is 9.98. The van der Waals surface area contributed by atoms with Crippen LogP contribution in [0.5, 0.6) is 5.75 Å². The number of rotatable bonds is 4. The Kier molecular flexibility index (Phi) is 4.99. The molecule has 0 aliphatic heterocycles. The van der Waals surface area contributed by atoms with Crippen LogP contribution in [0.15, 0.2) is 40.9 Å². The number of ether oxygens (including phenoxy) is 1. The molecule has 0 aliphatic carbocycles. The van der Waals surface area contributed by atoms with Crippen molar-refractivity contribution in [2.75, 3.05) is 7.11 Å². The van der Waals surface area contributed by atoms with Gasteiger partial charge in [0.2, 0.25) is 0 Å². The van der Waals surface area contributed by atoms with E-state index in [1.165, 1.54) is 6.07 Å². The van der Waals surface area contributed by atoms with Crippen LogP contribution < -0.4 is 16.0 Å². The Morgan fingerprint density at radius 3 is 2.70 bits per heavy atom. The van der Waals surface area contributed by atoms with E-state index in [2.05, 4.69) is 21.4 Å². The number of hydrazine groups is 1. The van der Waals surface area contributed by atoms with Crippen LogP contribution in [0.2, 0.25) is 5.02 Å². The van der Waals surface area contributed by atoms with Crippen molar-refractivity contribution >= 4 is 27.5 Å². The van der Waals surface area contributed by atoms with Crippen LogP contribution >= 0.6 is 27.5 Å². The zero-order valence-corrected chi connectivity index (χ0v) is 13.0. The first kappa shape index (κ1) is 15.3. The average molecular weight is 360 g/mol. The zero-order chi connectivity index (χ0) is 14.7. The van der Waals surface area contributed by atoms with E-state index in [-0.39, 0.29) is 5.82 Å². The van der Waals surface area contributed by atoms with Crippen molar-refractivity contribution in [1.29, 1.82) is 0 Å². The maximum absolute atomic E-state index is 13.7. The summed E-state index contributed by atoms with van der Waals surface area (Å²) in [7, 11) is 1.56. The Bertz CT molecular complexity index is 624. The second-order valence-electron chi connectivity index (χ2n) is 4.13. The summed E-state index contributed by atoms with van der Waals surface area (Å²) in [5, 5.41) is 0.550. The number of benzene rings is 2. The second kappa shape index (κ2) is 6.54. The summed E-state index contributed by atoms with van der Waals surface area (Å²) in [6.45, 7) is 0. The van der Waals surface area contributed by atoms with Gasteiger partial charge in [-0.2, -0.15) is 0 Å². The molecule has 1 unspecified atom stereocenters. The van der Waals surface area contributed by atoms with Gasteiger partial charge in [-0.3, -0.25) is 5.84 Å². The zero-order valence-electron chi connectivity index (χ0n) is 10.7. The van der Waals surface area contributed by atoms with Gasteiger partial charge in [0.05, 0.1) is 17.6 Å². The topological polar surface area (TPSA) is 47.3 Å². The predicted octanol–water partition coefficient (Wildman–Crippen LogP) is 3.80. The lowest BCUT2D eigenvalue weighted by Crippen LogP contribution is -2.29. The van der Waals surface area contributed by atoms with Gasteiger partial charge in [-0.25, -0.2) is 9.82 Å². The van der Waals surface area contributed by atoms with E-state index >= 15 is 0 Å². The van der Waals surface area contributed by atoms with Gasteiger partial charge in [0, 0.05) is 10.6 Å². The summed E-state index contributed by atoms with van der Waals surface area (Å²) in [6, 6.07) is 9.52. The van der Waals surface area contributed by atoms with Gasteiger partial charge in [-0.05, 0) is 45.8 Å². The maximum Gasteiger partial charge on any atom is 0.137 e. The van der Waals surface area contributed by atoms with Gasteiger partial charge in [0.25, 0.3) is 0 Å². The minimum Gasteiger partial charge on any atom is -0.496 e. The molecule has 0 aliphatic rings. The highest BCUT2D eigenvalue weighted by Crippen LogP contribution is 2.35. The average Bonchev–Trinajstić information content (AvgIpc) is 2.44. The molecular weight excluding hydrogens is 347 g/mol. The van der Waals surface area contributed by atoms with Crippen LogP contribution in [0.25, 0.3) is 0 Å². The third-order valence-electron chi connectivity index (χ3n) is 2.96.